The van der Waals surface area contributed by atoms with Gasteiger partial charge in [0.15, 0.2) is 0 Å². The molecule has 0 radical (unpaired) electrons. The van der Waals surface area contributed by atoms with Crippen LogP contribution in [0.2, 0.25) is 0 Å². The second-order valence-electron chi connectivity index (χ2n) is 7.84. The van der Waals surface area contributed by atoms with Gasteiger partial charge >= 0.3 is 5.97 Å². The molecule has 1 saturated carbocycles. The Kier molecular flexibility index (Phi) is 4.36. The highest BCUT2D eigenvalue weighted by molar-refractivity contribution is 5.88. The molecule has 1 N–H and O–H groups in total. The van der Waals surface area contributed by atoms with E-state index < -0.39 is 11.5 Å². The van der Waals surface area contributed by atoms with Crippen molar-refractivity contribution in [2.45, 2.75) is 71.8 Å². The Morgan fingerprint density at radius 2 is 2.10 bits per heavy atom. The van der Waals surface area contributed by atoms with Crippen LogP contribution < -0.4 is 0 Å². The zero-order valence-corrected chi connectivity index (χ0v) is 13.8. The van der Waals surface area contributed by atoms with Crippen molar-refractivity contribution in [2.75, 3.05) is 6.54 Å². The van der Waals surface area contributed by atoms with Crippen molar-refractivity contribution < 1.29 is 14.7 Å². The summed E-state index contributed by atoms with van der Waals surface area (Å²) in [6.07, 6.45) is 4.73. The van der Waals surface area contributed by atoms with Crippen LogP contribution >= 0.6 is 0 Å². The first-order chi connectivity index (χ1) is 9.73. The molecule has 4 heteroatoms. The molecule has 2 aliphatic rings. The lowest BCUT2D eigenvalue weighted by Gasteiger charge is -2.50. The first-order valence-electron chi connectivity index (χ1n) is 8.27. The topological polar surface area (TPSA) is 57.6 Å². The summed E-state index contributed by atoms with van der Waals surface area (Å²) < 4.78 is 0. The summed E-state index contributed by atoms with van der Waals surface area (Å²) in [5.41, 5.74) is -0.847. The molecular weight excluding hydrogens is 266 g/mol. The molecule has 21 heavy (non-hydrogen) atoms. The summed E-state index contributed by atoms with van der Waals surface area (Å²) in [6, 6.07) is 0. The molecule has 2 fully saturated rings. The highest BCUT2D eigenvalue weighted by Gasteiger charge is 2.54. The normalized spacial score (nSPS) is 32.0. The molecule has 2 rings (SSSR count). The molecule has 120 valence electrons. The van der Waals surface area contributed by atoms with E-state index >= 15 is 0 Å². The van der Waals surface area contributed by atoms with Crippen molar-refractivity contribution in [2.24, 2.45) is 17.3 Å². The maximum Gasteiger partial charge on any atom is 0.329 e. The minimum absolute atomic E-state index is 0.0234. The third-order valence-electron chi connectivity index (χ3n) is 5.53. The predicted octanol–water partition coefficient (Wildman–Crippen LogP) is 3.30. The smallest absolute Gasteiger partial charge is 0.329 e. The Hall–Kier alpha value is -1.06. The van der Waals surface area contributed by atoms with Crippen molar-refractivity contribution in [1.82, 2.24) is 4.90 Å². The van der Waals surface area contributed by atoms with Gasteiger partial charge < -0.3 is 10.0 Å². The minimum atomic E-state index is -1.00. The zero-order valence-electron chi connectivity index (χ0n) is 13.8. The maximum absolute atomic E-state index is 12.2. The zero-order chi connectivity index (χ0) is 15.8. The number of carbonyl (C=O) groups excluding carboxylic acids is 1. The van der Waals surface area contributed by atoms with Gasteiger partial charge in [0, 0.05) is 13.0 Å². The molecule has 1 saturated heterocycles. The van der Waals surface area contributed by atoms with Crippen molar-refractivity contribution >= 4 is 11.9 Å². The van der Waals surface area contributed by atoms with Crippen LogP contribution in [0, 0.1) is 17.3 Å². The largest absolute Gasteiger partial charge is 0.479 e. The molecule has 1 amide bonds. The first kappa shape index (κ1) is 16.3. The van der Waals surface area contributed by atoms with Crippen molar-refractivity contribution in [3.63, 3.8) is 0 Å². The van der Waals surface area contributed by atoms with Crippen molar-refractivity contribution in [1.29, 1.82) is 0 Å². The standard InChI is InChI=1S/C17H29NO3/c1-5-17(15(20)21,18-8-6-7-14(18)19)13-9-12(2)10-16(3,4)11-13/h12-13H,5-11H2,1-4H3,(H,20,21). The van der Waals surface area contributed by atoms with Crippen molar-refractivity contribution in [3.05, 3.63) is 0 Å². The van der Waals surface area contributed by atoms with Gasteiger partial charge in [-0.1, -0.05) is 27.7 Å². The van der Waals surface area contributed by atoms with Crippen LogP contribution in [0.3, 0.4) is 0 Å². The van der Waals surface area contributed by atoms with Gasteiger partial charge in [0.2, 0.25) is 5.91 Å². The third kappa shape index (κ3) is 2.82. The SMILES string of the molecule is CCC(C(=O)O)(C1CC(C)CC(C)(C)C1)N1CCCC1=O. The van der Waals surface area contributed by atoms with E-state index in [1.807, 2.05) is 6.92 Å². The van der Waals surface area contributed by atoms with Crippen LogP contribution in [0.15, 0.2) is 0 Å². The average molecular weight is 295 g/mol. The van der Waals surface area contributed by atoms with Crippen LogP contribution in [0.1, 0.15) is 66.2 Å². The Labute approximate surface area is 127 Å². The van der Waals surface area contributed by atoms with Gasteiger partial charge in [-0.05, 0) is 49.4 Å². The Bertz CT molecular complexity index is 432. The van der Waals surface area contributed by atoms with Crippen LogP contribution in [0.4, 0.5) is 0 Å². The van der Waals surface area contributed by atoms with Gasteiger partial charge in [0.1, 0.15) is 5.54 Å². The number of carboxylic acids is 1. The fraction of sp³-hybridized carbons (Fsp3) is 0.882. The fourth-order valence-corrected chi connectivity index (χ4v) is 4.92. The number of hydrogen-bond acceptors (Lipinski definition) is 2. The number of likely N-dealkylation sites (tertiary alicyclic amines) is 1. The second kappa shape index (κ2) is 5.62. The highest BCUT2D eigenvalue weighted by atomic mass is 16.4. The molecule has 1 aliphatic carbocycles. The lowest BCUT2D eigenvalue weighted by molar-refractivity contribution is -0.165. The van der Waals surface area contributed by atoms with Gasteiger partial charge in [0.25, 0.3) is 0 Å². The van der Waals surface area contributed by atoms with Crippen LogP contribution in [0.25, 0.3) is 0 Å². The van der Waals surface area contributed by atoms with Gasteiger partial charge in [-0.25, -0.2) is 4.79 Å². The summed E-state index contributed by atoms with van der Waals surface area (Å²) in [4.78, 5) is 26.1. The predicted molar refractivity (Wildman–Crippen MR) is 81.9 cm³/mol. The molecular formula is C17H29NO3. The summed E-state index contributed by atoms with van der Waals surface area (Å²) in [6.45, 7) is 9.19. The lowest BCUT2D eigenvalue weighted by Crippen LogP contribution is -2.61. The molecule has 0 aromatic rings. The second-order valence-corrected chi connectivity index (χ2v) is 7.84. The van der Waals surface area contributed by atoms with E-state index in [1.165, 1.54) is 0 Å². The van der Waals surface area contributed by atoms with Gasteiger partial charge in [-0.3, -0.25) is 4.79 Å². The number of nitrogens with zero attached hydrogens (tertiary/aromatic N) is 1. The molecule has 0 aromatic carbocycles. The maximum atomic E-state index is 12.2. The molecule has 1 aliphatic heterocycles. The van der Waals surface area contributed by atoms with Crippen molar-refractivity contribution in [3.8, 4) is 0 Å². The molecule has 0 aromatic heterocycles. The van der Waals surface area contributed by atoms with Crippen LogP contribution in [-0.2, 0) is 9.59 Å². The molecule has 4 nitrogen and oxygen atoms in total. The van der Waals surface area contributed by atoms with E-state index in [0.717, 1.165) is 25.7 Å². The molecule has 3 unspecified atom stereocenters. The molecule has 3 atom stereocenters. The van der Waals surface area contributed by atoms with Gasteiger partial charge in [0.05, 0.1) is 0 Å². The Morgan fingerprint density at radius 3 is 2.52 bits per heavy atom. The van der Waals surface area contributed by atoms with Crippen LogP contribution in [0.5, 0.6) is 0 Å². The number of amides is 1. The van der Waals surface area contributed by atoms with E-state index in [4.69, 9.17) is 0 Å². The van der Waals surface area contributed by atoms with Crippen LogP contribution in [-0.4, -0.2) is 34.0 Å². The van der Waals surface area contributed by atoms with Gasteiger partial charge in [-0.2, -0.15) is 0 Å². The minimum Gasteiger partial charge on any atom is -0.479 e. The Morgan fingerprint density at radius 1 is 1.43 bits per heavy atom. The monoisotopic (exact) mass is 295 g/mol. The summed E-state index contributed by atoms with van der Waals surface area (Å²) in [5, 5.41) is 10.0. The Balaban J connectivity index is 2.40. The number of aliphatic carboxylic acids is 1. The quantitative estimate of drug-likeness (QED) is 0.865. The highest BCUT2D eigenvalue weighted by Crippen LogP contribution is 2.49. The average Bonchev–Trinajstić information content (AvgIpc) is 2.75. The summed E-state index contributed by atoms with van der Waals surface area (Å²) in [7, 11) is 0. The van der Waals surface area contributed by atoms with E-state index in [9.17, 15) is 14.7 Å². The summed E-state index contributed by atoms with van der Waals surface area (Å²) >= 11 is 0. The summed E-state index contributed by atoms with van der Waals surface area (Å²) in [5.74, 6) is -0.215. The third-order valence-corrected chi connectivity index (χ3v) is 5.53. The van der Waals surface area contributed by atoms with E-state index in [2.05, 4.69) is 20.8 Å². The number of hydrogen-bond donors (Lipinski definition) is 1. The van der Waals surface area contributed by atoms with E-state index in [1.54, 1.807) is 4.90 Å². The fourth-order valence-electron chi connectivity index (χ4n) is 4.92. The number of carbonyl (C=O) groups is 2. The molecule has 0 bridgehead atoms. The number of carboxylic acid groups (broad SMARTS) is 1. The number of rotatable bonds is 4. The van der Waals surface area contributed by atoms with Gasteiger partial charge in [-0.15, -0.1) is 0 Å². The lowest BCUT2D eigenvalue weighted by atomic mass is 9.61. The molecule has 1 heterocycles. The first-order valence-corrected chi connectivity index (χ1v) is 8.27. The van der Waals surface area contributed by atoms with E-state index in [0.29, 0.717) is 25.3 Å². The molecule has 0 spiro atoms. The van der Waals surface area contributed by atoms with E-state index in [-0.39, 0.29) is 17.2 Å².